The minimum atomic E-state index is -0.463. The zero-order chi connectivity index (χ0) is 15.7. The molecule has 3 rings (SSSR count). The molecule has 1 aliphatic heterocycles. The molecule has 6 heteroatoms. The van der Waals surface area contributed by atoms with E-state index < -0.39 is 11.8 Å². The molecule has 110 valence electrons. The quantitative estimate of drug-likeness (QED) is 0.524. The van der Waals surface area contributed by atoms with Crippen LogP contribution in [-0.2, 0) is 9.59 Å². The van der Waals surface area contributed by atoms with Crippen molar-refractivity contribution < 1.29 is 9.59 Å². The Morgan fingerprint density at radius 2 is 1.91 bits per heavy atom. The van der Waals surface area contributed by atoms with E-state index in [1.165, 1.54) is 16.2 Å². The monoisotopic (exact) mass is 328 g/mol. The van der Waals surface area contributed by atoms with E-state index >= 15 is 0 Å². The summed E-state index contributed by atoms with van der Waals surface area (Å²) >= 11 is 6.62. The Bertz CT molecular complexity index is 793. The van der Waals surface area contributed by atoms with E-state index in [2.05, 4.69) is 5.32 Å². The fourth-order valence-electron chi connectivity index (χ4n) is 2.13. The Balaban J connectivity index is 2.03. The normalized spacial score (nSPS) is 17.0. The van der Waals surface area contributed by atoms with Gasteiger partial charge in [-0.1, -0.05) is 18.2 Å². The standard InChI is InChI=1S/C16H12N2O2S2/c1-10-7-8-22-13(10)9-12-14(19)17-16(21)18(15(12)20)11-5-3-2-4-6-11/h2-9H,1H3,(H,17,19,21)/b12-9-. The number of hydrogen-bond donors (Lipinski definition) is 1. The minimum absolute atomic E-state index is 0.0861. The molecule has 0 radical (unpaired) electrons. The van der Waals surface area contributed by atoms with Crippen LogP contribution in [0.3, 0.4) is 0 Å². The summed E-state index contributed by atoms with van der Waals surface area (Å²) in [6, 6.07) is 11.0. The van der Waals surface area contributed by atoms with E-state index in [0.717, 1.165) is 10.4 Å². The van der Waals surface area contributed by atoms with Gasteiger partial charge in [-0.2, -0.15) is 0 Å². The summed E-state index contributed by atoms with van der Waals surface area (Å²) in [6.07, 6.45) is 1.62. The molecule has 0 bridgehead atoms. The second-order valence-electron chi connectivity index (χ2n) is 4.76. The Kier molecular flexibility index (Phi) is 3.87. The van der Waals surface area contributed by atoms with Gasteiger partial charge >= 0.3 is 0 Å². The minimum Gasteiger partial charge on any atom is -0.298 e. The van der Waals surface area contributed by atoms with Crippen LogP contribution in [0.5, 0.6) is 0 Å². The molecule has 1 saturated heterocycles. The molecule has 0 saturated carbocycles. The number of amides is 2. The molecule has 0 spiro atoms. The maximum absolute atomic E-state index is 12.7. The van der Waals surface area contributed by atoms with Crippen LogP contribution in [-0.4, -0.2) is 16.9 Å². The number of thiocarbonyl (C=S) groups is 1. The first-order chi connectivity index (χ1) is 10.6. The molecular weight excluding hydrogens is 316 g/mol. The van der Waals surface area contributed by atoms with Crippen LogP contribution < -0.4 is 10.2 Å². The number of anilines is 1. The van der Waals surface area contributed by atoms with Crippen molar-refractivity contribution in [2.75, 3.05) is 4.90 Å². The van der Waals surface area contributed by atoms with Gasteiger partial charge in [-0.15, -0.1) is 11.3 Å². The average Bonchev–Trinajstić information content (AvgIpc) is 2.89. The zero-order valence-electron chi connectivity index (χ0n) is 11.7. The van der Waals surface area contributed by atoms with Gasteiger partial charge in [0.1, 0.15) is 5.57 Å². The van der Waals surface area contributed by atoms with Gasteiger partial charge in [0.15, 0.2) is 5.11 Å². The molecule has 2 heterocycles. The summed E-state index contributed by atoms with van der Waals surface area (Å²) in [7, 11) is 0. The van der Waals surface area contributed by atoms with E-state index in [1.807, 2.05) is 36.6 Å². The van der Waals surface area contributed by atoms with E-state index in [0.29, 0.717) is 5.69 Å². The van der Waals surface area contributed by atoms with Gasteiger partial charge in [0.2, 0.25) is 0 Å². The van der Waals surface area contributed by atoms with E-state index in [1.54, 1.807) is 18.2 Å². The van der Waals surface area contributed by atoms with E-state index in [-0.39, 0.29) is 10.7 Å². The lowest BCUT2D eigenvalue weighted by atomic mass is 10.1. The number of rotatable bonds is 2. The molecule has 2 amide bonds. The first kappa shape index (κ1) is 14.6. The lowest BCUT2D eigenvalue weighted by Crippen LogP contribution is -2.54. The summed E-state index contributed by atoms with van der Waals surface area (Å²) in [6.45, 7) is 1.94. The van der Waals surface area contributed by atoms with Crippen LogP contribution in [0.4, 0.5) is 5.69 Å². The number of hydrogen-bond acceptors (Lipinski definition) is 4. The molecule has 4 nitrogen and oxygen atoms in total. The van der Waals surface area contributed by atoms with Gasteiger partial charge < -0.3 is 0 Å². The number of para-hydroxylation sites is 1. The van der Waals surface area contributed by atoms with Gasteiger partial charge in [-0.3, -0.25) is 19.8 Å². The van der Waals surface area contributed by atoms with Crippen LogP contribution in [0.15, 0.2) is 47.4 Å². The third kappa shape index (κ3) is 2.58. The largest absolute Gasteiger partial charge is 0.298 e. The van der Waals surface area contributed by atoms with Crippen molar-refractivity contribution in [3.63, 3.8) is 0 Å². The summed E-state index contributed by atoms with van der Waals surface area (Å²) in [4.78, 5) is 27.0. The fraction of sp³-hybridized carbons (Fsp3) is 0.0625. The number of thiophene rings is 1. The number of carbonyl (C=O) groups is 2. The number of nitrogens with one attached hydrogen (secondary N) is 1. The third-order valence-corrected chi connectivity index (χ3v) is 4.54. The zero-order valence-corrected chi connectivity index (χ0v) is 13.3. The first-order valence-electron chi connectivity index (χ1n) is 6.58. The van der Waals surface area contributed by atoms with Crippen molar-refractivity contribution >= 4 is 52.2 Å². The topological polar surface area (TPSA) is 49.4 Å². The highest BCUT2D eigenvalue weighted by atomic mass is 32.1. The van der Waals surface area contributed by atoms with Crippen molar-refractivity contribution in [1.82, 2.24) is 5.32 Å². The Labute approximate surface area is 137 Å². The Morgan fingerprint density at radius 1 is 1.18 bits per heavy atom. The van der Waals surface area contributed by atoms with Crippen LogP contribution in [0, 0.1) is 6.92 Å². The van der Waals surface area contributed by atoms with Crippen molar-refractivity contribution in [2.24, 2.45) is 0 Å². The molecule has 2 aromatic rings. The second kappa shape index (κ2) is 5.82. The summed E-state index contributed by atoms with van der Waals surface area (Å²) in [5, 5.41) is 4.60. The van der Waals surface area contributed by atoms with Gasteiger partial charge in [-0.05, 0) is 54.4 Å². The Hall–Kier alpha value is -2.31. The number of benzene rings is 1. The predicted octanol–water partition coefficient (Wildman–Crippen LogP) is 2.89. The van der Waals surface area contributed by atoms with Gasteiger partial charge in [0, 0.05) is 4.88 Å². The highest BCUT2D eigenvalue weighted by Crippen LogP contribution is 2.24. The lowest BCUT2D eigenvalue weighted by molar-refractivity contribution is -0.122. The van der Waals surface area contributed by atoms with Crippen molar-refractivity contribution in [3.8, 4) is 0 Å². The number of aryl methyl sites for hydroxylation is 1. The van der Waals surface area contributed by atoms with Crippen LogP contribution in [0.1, 0.15) is 10.4 Å². The molecule has 1 aliphatic rings. The smallest absolute Gasteiger partial charge is 0.270 e. The molecule has 0 atom stereocenters. The van der Waals surface area contributed by atoms with Gasteiger partial charge in [-0.25, -0.2) is 0 Å². The molecule has 1 fully saturated rings. The molecule has 1 aromatic heterocycles. The van der Waals surface area contributed by atoms with Gasteiger partial charge in [0.05, 0.1) is 5.69 Å². The lowest BCUT2D eigenvalue weighted by Gasteiger charge is -2.28. The van der Waals surface area contributed by atoms with Crippen molar-refractivity contribution in [2.45, 2.75) is 6.92 Å². The van der Waals surface area contributed by atoms with Crippen molar-refractivity contribution in [3.05, 3.63) is 57.8 Å². The molecular formula is C16H12N2O2S2. The third-order valence-electron chi connectivity index (χ3n) is 3.29. The average molecular weight is 328 g/mol. The molecule has 0 unspecified atom stereocenters. The van der Waals surface area contributed by atoms with E-state index in [9.17, 15) is 9.59 Å². The number of carbonyl (C=O) groups excluding carboxylic acids is 2. The summed E-state index contributed by atoms with van der Waals surface area (Å²) in [5.41, 5.74) is 1.74. The predicted molar refractivity (Wildman–Crippen MR) is 91.7 cm³/mol. The van der Waals surface area contributed by atoms with Crippen LogP contribution in [0.2, 0.25) is 0 Å². The highest BCUT2D eigenvalue weighted by molar-refractivity contribution is 7.80. The fourth-order valence-corrected chi connectivity index (χ4v) is 3.27. The highest BCUT2D eigenvalue weighted by Gasteiger charge is 2.34. The Morgan fingerprint density at radius 3 is 2.55 bits per heavy atom. The van der Waals surface area contributed by atoms with E-state index in [4.69, 9.17) is 12.2 Å². The maximum Gasteiger partial charge on any atom is 0.270 e. The maximum atomic E-state index is 12.7. The van der Waals surface area contributed by atoms with Crippen molar-refractivity contribution in [1.29, 1.82) is 0 Å². The molecule has 1 aromatic carbocycles. The second-order valence-corrected chi connectivity index (χ2v) is 6.10. The first-order valence-corrected chi connectivity index (χ1v) is 7.87. The number of nitrogens with zero attached hydrogens (tertiary/aromatic N) is 1. The summed E-state index contributed by atoms with van der Waals surface area (Å²) in [5.74, 6) is -0.872. The summed E-state index contributed by atoms with van der Waals surface area (Å²) < 4.78 is 0. The van der Waals surface area contributed by atoms with Gasteiger partial charge in [0.25, 0.3) is 11.8 Å². The molecule has 0 aliphatic carbocycles. The van der Waals surface area contributed by atoms with Crippen LogP contribution in [0.25, 0.3) is 6.08 Å². The van der Waals surface area contributed by atoms with Crippen LogP contribution >= 0.6 is 23.6 Å². The molecule has 1 N–H and O–H groups in total. The molecule has 22 heavy (non-hydrogen) atoms. The SMILES string of the molecule is Cc1ccsc1/C=C1/C(=O)NC(=S)N(c2ccccc2)C1=O.